The topological polar surface area (TPSA) is 18.6 Å². The molecule has 2 atom stereocenters. The van der Waals surface area contributed by atoms with Crippen LogP contribution in [0.25, 0.3) is 0 Å². The number of hydrogen-bond acceptors (Lipinski definition) is 2. The molecule has 34 heavy (non-hydrogen) atoms. The molecule has 2 heterocycles. The van der Waals surface area contributed by atoms with E-state index in [0.717, 1.165) is 5.84 Å². The quantitative estimate of drug-likeness (QED) is 0.311. The normalized spacial score (nSPS) is 18.7. The van der Waals surface area contributed by atoms with Crippen LogP contribution >= 0.6 is 0 Å². The van der Waals surface area contributed by atoms with Gasteiger partial charge < -0.3 is 0 Å². The maximum absolute atomic E-state index is 5.35. The van der Waals surface area contributed by atoms with Crippen LogP contribution in [0.1, 0.15) is 45.5 Å². The number of rotatable bonds is 3. The Morgan fingerprint density at radius 2 is 1.29 bits per heavy atom. The van der Waals surface area contributed by atoms with E-state index in [1.807, 2.05) is 0 Å². The first-order valence-electron chi connectivity index (χ1n) is 11.9. The Balaban J connectivity index is 1.60. The molecular formula is C31H28N3+. The Bertz CT molecular complexity index is 1410. The number of nitrogens with zero attached hydrogens (tertiary/aromatic N) is 3. The summed E-state index contributed by atoms with van der Waals surface area (Å²) in [6, 6.07) is 34.7. The molecule has 0 radical (unpaired) electrons. The van der Waals surface area contributed by atoms with Gasteiger partial charge in [-0.05, 0) is 55.2 Å². The van der Waals surface area contributed by atoms with Crippen molar-refractivity contribution in [1.29, 1.82) is 0 Å². The fraction of sp³-hybridized carbons (Fsp3) is 0.161. The highest BCUT2D eigenvalue weighted by Crippen LogP contribution is 2.45. The lowest BCUT2D eigenvalue weighted by Crippen LogP contribution is -2.36. The molecule has 6 rings (SSSR count). The number of benzene rings is 4. The summed E-state index contributed by atoms with van der Waals surface area (Å²) in [4.78, 5) is 7.71. The third-order valence-corrected chi connectivity index (χ3v) is 6.91. The molecule has 3 heteroatoms. The Kier molecular flexibility index (Phi) is 4.91. The van der Waals surface area contributed by atoms with E-state index >= 15 is 0 Å². The van der Waals surface area contributed by atoms with Crippen LogP contribution in [0, 0.1) is 20.8 Å². The molecule has 0 bridgehead atoms. The fourth-order valence-electron chi connectivity index (χ4n) is 5.58. The third-order valence-electron chi connectivity index (χ3n) is 6.91. The third kappa shape index (κ3) is 3.28. The summed E-state index contributed by atoms with van der Waals surface area (Å²) in [6.07, 6.45) is 2.27. The number of fused-ring (bicyclic) bond motifs is 3. The lowest BCUT2D eigenvalue weighted by Gasteiger charge is -2.28. The van der Waals surface area contributed by atoms with E-state index in [4.69, 9.17) is 4.99 Å². The largest absolute Gasteiger partial charge is 0.269 e. The number of aliphatic imine (C=N–C) groups is 1. The minimum Gasteiger partial charge on any atom is -0.231 e. The van der Waals surface area contributed by atoms with E-state index in [2.05, 4.69) is 134 Å². The zero-order chi connectivity index (χ0) is 23.2. The lowest BCUT2D eigenvalue weighted by molar-refractivity contribution is -0.450. The molecule has 0 spiro atoms. The van der Waals surface area contributed by atoms with Gasteiger partial charge >= 0.3 is 0 Å². The maximum Gasteiger partial charge on any atom is 0.269 e. The molecule has 0 amide bonds. The summed E-state index contributed by atoms with van der Waals surface area (Å²) in [5.41, 5.74) is 9.93. The van der Waals surface area contributed by atoms with Crippen molar-refractivity contribution in [2.75, 3.05) is 4.90 Å². The summed E-state index contributed by atoms with van der Waals surface area (Å²) in [5, 5.41) is 0. The van der Waals surface area contributed by atoms with Crippen molar-refractivity contribution in [3.63, 3.8) is 0 Å². The SMILES string of the molecule is Cc1cc(C)c(N2C=[N+]3C(=N[C@@H](c4ccccc4)[C@@H]3c3ccccc3)c3ccccc32)c(C)c1. The predicted octanol–water partition coefficient (Wildman–Crippen LogP) is 7.05. The molecule has 0 fully saturated rings. The van der Waals surface area contributed by atoms with E-state index < -0.39 is 0 Å². The Morgan fingerprint density at radius 1 is 0.706 bits per heavy atom. The Hall–Kier alpha value is -3.98. The van der Waals surface area contributed by atoms with Crippen LogP contribution in [0.2, 0.25) is 0 Å². The van der Waals surface area contributed by atoms with Gasteiger partial charge in [0.1, 0.15) is 17.4 Å². The first-order chi connectivity index (χ1) is 16.6. The average Bonchev–Trinajstić information content (AvgIpc) is 3.24. The summed E-state index contributed by atoms with van der Waals surface area (Å²) in [6.45, 7) is 6.58. The molecule has 2 aliphatic heterocycles. The van der Waals surface area contributed by atoms with Gasteiger partial charge in [0.15, 0.2) is 12.4 Å². The van der Waals surface area contributed by atoms with Crippen molar-refractivity contribution in [1.82, 2.24) is 0 Å². The van der Waals surface area contributed by atoms with Crippen molar-refractivity contribution >= 4 is 23.5 Å². The molecule has 4 aromatic carbocycles. The molecule has 0 saturated heterocycles. The second-order valence-electron chi connectivity index (χ2n) is 9.32. The van der Waals surface area contributed by atoms with Crippen LogP contribution in [0.4, 0.5) is 11.4 Å². The second kappa shape index (κ2) is 8.11. The van der Waals surface area contributed by atoms with Crippen molar-refractivity contribution in [3.8, 4) is 0 Å². The molecular weight excluding hydrogens is 414 g/mol. The Morgan fingerprint density at radius 3 is 1.97 bits per heavy atom. The van der Waals surface area contributed by atoms with E-state index in [9.17, 15) is 0 Å². The zero-order valence-electron chi connectivity index (χ0n) is 19.8. The first kappa shape index (κ1) is 20.6. The zero-order valence-corrected chi connectivity index (χ0v) is 19.8. The number of aryl methyl sites for hydroxylation is 3. The van der Waals surface area contributed by atoms with Crippen molar-refractivity contribution in [2.45, 2.75) is 32.9 Å². The van der Waals surface area contributed by atoms with Crippen molar-refractivity contribution in [2.24, 2.45) is 4.99 Å². The molecule has 166 valence electrons. The standard InChI is InChI=1S/C31H28N3/c1-21-18-22(2)29(23(3)19-21)33-20-34-30(25-14-8-5-9-15-25)28(24-12-6-4-7-13-24)32-31(34)26-16-10-11-17-27(26)33/h4-20,28,30H,1-3H3/q+1/t28-,30-/m0/s1. The predicted molar refractivity (Wildman–Crippen MR) is 140 cm³/mol. The van der Waals surface area contributed by atoms with Crippen LogP contribution in [0.15, 0.2) is 102 Å². The monoisotopic (exact) mass is 442 g/mol. The highest BCUT2D eigenvalue weighted by atomic mass is 15.3. The summed E-state index contributed by atoms with van der Waals surface area (Å²) in [7, 11) is 0. The van der Waals surface area contributed by atoms with Gasteiger partial charge in [0, 0.05) is 0 Å². The molecule has 0 aliphatic carbocycles. The van der Waals surface area contributed by atoms with Crippen LogP contribution in [-0.4, -0.2) is 16.7 Å². The van der Waals surface area contributed by atoms with Crippen molar-refractivity contribution < 1.29 is 4.58 Å². The number of hydrogen-bond donors (Lipinski definition) is 0. The molecule has 4 aromatic rings. The number of para-hydroxylation sites is 1. The molecule has 2 aliphatic rings. The first-order valence-corrected chi connectivity index (χ1v) is 11.9. The molecule has 0 aromatic heterocycles. The van der Waals surface area contributed by atoms with Gasteiger partial charge in [0.05, 0.1) is 5.56 Å². The highest BCUT2D eigenvalue weighted by Gasteiger charge is 2.46. The summed E-state index contributed by atoms with van der Waals surface area (Å²) < 4.78 is 2.38. The van der Waals surface area contributed by atoms with Crippen LogP contribution in [-0.2, 0) is 0 Å². The fourth-order valence-corrected chi connectivity index (χ4v) is 5.58. The van der Waals surface area contributed by atoms with Crippen LogP contribution < -0.4 is 4.90 Å². The van der Waals surface area contributed by atoms with Crippen LogP contribution in [0.5, 0.6) is 0 Å². The van der Waals surface area contributed by atoms with Gasteiger partial charge in [0.2, 0.25) is 0 Å². The molecule has 3 nitrogen and oxygen atoms in total. The average molecular weight is 443 g/mol. The van der Waals surface area contributed by atoms with Gasteiger partial charge in [0.25, 0.3) is 5.84 Å². The molecule has 0 N–H and O–H groups in total. The lowest BCUT2D eigenvalue weighted by atomic mass is 9.94. The van der Waals surface area contributed by atoms with Crippen LogP contribution in [0.3, 0.4) is 0 Å². The van der Waals surface area contributed by atoms with Gasteiger partial charge in [-0.3, -0.25) is 0 Å². The van der Waals surface area contributed by atoms with E-state index in [0.29, 0.717) is 0 Å². The van der Waals surface area contributed by atoms with E-state index in [-0.39, 0.29) is 12.1 Å². The molecule has 0 unspecified atom stereocenters. The Labute approximate surface area is 201 Å². The summed E-state index contributed by atoms with van der Waals surface area (Å²) in [5.74, 6) is 1.04. The van der Waals surface area contributed by atoms with Crippen molar-refractivity contribution in [3.05, 3.63) is 130 Å². The van der Waals surface area contributed by atoms with E-state index in [1.54, 1.807) is 0 Å². The minimum atomic E-state index is 0.0167. The molecule has 0 saturated carbocycles. The van der Waals surface area contributed by atoms with Gasteiger partial charge in [-0.15, -0.1) is 4.99 Å². The minimum absolute atomic E-state index is 0.0167. The second-order valence-corrected chi connectivity index (χ2v) is 9.32. The van der Waals surface area contributed by atoms with Gasteiger partial charge in [-0.2, -0.15) is 0 Å². The number of amidine groups is 1. The number of anilines is 2. The summed E-state index contributed by atoms with van der Waals surface area (Å²) >= 11 is 0. The maximum atomic E-state index is 5.35. The van der Waals surface area contributed by atoms with Gasteiger partial charge in [-0.25, -0.2) is 9.48 Å². The van der Waals surface area contributed by atoms with E-state index in [1.165, 1.54) is 44.8 Å². The highest BCUT2D eigenvalue weighted by molar-refractivity contribution is 6.09. The smallest absolute Gasteiger partial charge is 0.231 e. The van der Waals surface area contributed by atoms with Gasteiger partial charge in [-0.1, -0.05) is 90.5 Å².